The lowest BCUT2D eigenvalue weighted by atomic mass is 10.2. The predicted octanol–water partition coefficient (Wildman–Crippen LogP) is 0.769. The second-order valence-corrected chi connectivity index (χ2v) is 4.03. The fourth-order valence-corrected chi connectivity index (χ4v) is 1.51. The summed E-state index contributed by atoms with van der Waals surface area (Å²) < 4.78 is 0.868. The van der Waals surface area contributed by atoms with Gasteiger partial charge in [-0.3, -0.25) is 15.6 Å². The van der Waals surface area contributed by atoms with E-state index in [-0.39, 0.29) is 11.0 Å². The van der Waals surface area contributed by atoms with Gasteiger partial charge in [-0.25, -0.2) is 0 Å². The molecule has 1 aromatic carbocycles. The second kappa shape index (κ2) is 5.11. The van der Waals surface area contributed by atoms with Gasteiger partial charge in [0.05, 0.1) is 5.56 Å². The van der Waals surface area contributed by atoms with Crippen LogP contribution in [0, 0.1) is 3.57 Å². The number of amides is 1. The molecule has 0 spiro atoms. The van der Waals surface area contributed by atoms with Gasteiger partial charge in [-0.2, -0.15) is 0 Å². The lowest BCUT2D eigenvalue weighted by molar-refractivity contribution is 0.0943. The molecule has 0 atom stereocenters. The molecule has 0 saturated carbocycles. The van der Waals surface area contributed by atoms with Crippen molar-refractivity contribution in [1.82, 2.24) is 10.9 Å². The molecular weight excluding hydrogens is 313 g/mol. The Balaban J connectivity index is 2.70. The van der Waals surface area contributed by atoms with Crippen LogP contribution >= 0.6 is 34.8 Å². The van der Waals surface area contributed by atoms with Gasteiger partial charge in [0, 0.05) is 3.57 Å². The van der Waals surface area contributed by atoms with Crippen molar-refractivity contribution in [2.75, 3.05) is 0 Å². The summed E-state index contributed by atoms with van der Waals surface area (Å²) in [6.07, 6.45) is 0. The maximum absolute atomic E-state index is 11.5. The number of rotatable bonds is 1. The van der Waals surface area contributed by atoms with Crippen LogP contribution in [-0.2, 0) is 0 Å². The number of carbonyl (C=O) groups is 1. The maximum atomic E-state index is 11.5. The Labute approximate surface area is 100 Å². The first kappa shape index (κ1) is 11.2. The molecule has 1 rings (SSSR count). The van der Waals surface area contributed by atoms with E-state index in [1.807, 2.05) is 12.1 Å². The quantitative estimate of drug-likeness (QED) is 0.406. The highest BCUT2D eigenvalue weighted by atomic mass is 127. The lowest BCUT2D eigenvalue weighted by Gasteiger charge is -2.07. The van der Waals surface area contributed by atoms with Crippen LogP contribution in [0.1, 0.15) is 10.4 Å². The molecule has 4 N–H and O–H groups in total. The molecule has 0 heterocycles. The van der Waals surface area contributed by atoms with E-state index < -0.39 is 0 Å². The Morgan fingerprint density at radius 3 is 2.57 bits per heavy atom. The minimum absolute atomic E-state index is 0.0317. The fraction of sp³-hybridized carbons (Fsp3) is 0. The maximum Gasteiger partial charge on any atom is 0.270 e. The number of thiocarbonyl (C=S) groups is 1. The third-order valence-electron chi connectivity index (χ3n) is 1.42. The summed E-state index contributed by atoms with van der Waals surface area (Å²) in [5.41, 5.74) is 10.5. The first-order chi connectivity index (χ1) is 6.61. The molecule has 0 aliphatic rings. The van der Waals surface area contributed by atoms with Crippen molar-refractivity contribution in [1.29, 1.82) is 0 Å². The Morgan fingerprint density at radius 2 is 2.00 bits per heavy atom. The molecule has 4 nitrogen and oxygen atoms in total. The van der Waals surface area contributed by atoms with Gasteiger partial charge in [0.15, 0.2) is 5.11 Å². The summed E-state index contributed by atoms with van der Waals surface area (Å²) in [7, 11) is 0. The van der Waals surface area contributed by atoms with Crippen LogP contribution < -0.4 is 16.6 Å². The molecule has 14 heavy (non-hydrogen) atoms. The Hall–Kier alpha value is -0.890. The van der Waals surface area contributed by atoms with Crippen LogP contribution in [0.15, 0.2) is 24.3 Å². The SMILES string of the molecule is NC(=S)NNC(=O)c1ccccc1I. The number of nitrogens with one attached hydrogen (secondary N) is 2. The Kier molecular flexibility index (Phi) is 4.08. The van der Waals surface area contributed by atoms with E-state index in [0.29, 0.717) is 5.56 Å². The molecule has 0 aliphatic heterocycles. The average Bonchev–Trinajstić information content (AvgIpc) is 2.15. The van der Waals surface area contributed by atoms with E-state index in [1.165, 1.54) is 0 Å². The highest BCUT2D eigenvalue weighted by Gasteiger charge is 2.07. The molecule has 0 aliphatic carbocycles. The molecule has 1 amide bonds. The first-order valence-corrected chi connectivity index (χ1v) is 5.20. The zero-order valence-electron chi connectivity index (χ0n) is 7.08. The van der Waals surface area contributed by atoms with Crippen molar-refractivity contribution in [3.05, 3.63) is 33.4 Å². The van der Waals surface area contributed by atoms with Crippen molar-refractivity contribution >= 4 is 45.8 Å². The van der Waals surface area contributed by atoms with Crippen molar-refractivity contribution in [2.24, 2.45) is 5.73 Å². The van der Waals surface area contributed by atoms with Crippen LogP contribution in [0.5, 0.6) is 0 Å². The molecule has 0 saturated heterocycles. The van der Waals surface area contributed by atoms with E-state index in [9.17, 15) is 4.79 Å². The Bertz CT molecular complexity index is 369. The number of hydrazine groups is 1. The van der Waals surface area contributed by atoms with E-state index in [1.54, 1.807) is 12.1 Å². The first-order valence-electron chi connectivity index (χ1n) is 3.71. The van der Waals surface area contributed by atoms with E-state index in [2.05, 4.69) is 45.7 Å². The Morgan fingerprint density at radius 1 is 1.36 bits per heavy atom. The molecular formula is C8H8IN3OS. The van der Waals surface area contributed by atoms with Gasteiger partial charge in [0.2, 0.25) is 0 Å². The van der Waals surface area contributed by atoms with Gasteiger partial charge >= 0.3 is 0 Å². The number of carbonyl (C=O) groups excluding carboxylic acids is 1. The van der Waals surface area contributed by atoms with Crippen LogP contribution in [0.3, 0.4) is 0 Å². The monoisotopic (exact) mass is 321 g/mol. The number of hydrogen-bond acceptors (Lipinski definition) is 2. The zero-order valence-corrected chi connectivity index (χ0v) is 10.1. The molecule has 74 valence electrons. The van der Waals surface area contributed by atoms with E-state index in [0.717, 1.165) is 3.57 Å². The van der Waals surface area contributed by atoms with Gasteiger partial charge in [-0.15, -0.1) is 0 Å². The molecule has 0 bridgehead atoms. The minimum Gasteiger partial charge on any atom is -0.375 e. The van der Waals surface area contributed by atoms with Crippen LogP contribution in [0.4, 0.5) is 0 Å². The summed E-state index contributed by atoms with van der Waals surface area (Å²) >= 11 is 6.63. The third-order valence-corrected chi connectivity index (χ3v) is 2.46. The molecule has 0 unspecified atom stereocenters. The average molecular weight is 321 g/mol. The number of nitrogens with two attached hydrogens (primary N) is 1. The molecule has 0 aromatic heterocycles. The van der Waals surface area contributed by atoms with Gasteiger partial charge in [0.25, 0.3) is 5.91 Å². The molecule has 1 aromatic rings. The smallest absolute Gasteiger partial charge is 0.270 e. The molecule has 6 heteroatoms. The van der Waals surface area contributed by atoms with Crippen LogP contribution in [0.2, 0.25) is 0 Å². The van der Waals surface area contributed by atoms with Crippen molar-refractivity contribution in [3.63, 3.8) is 0 Å². The van der Waals surface area contributed by atoms with Crippen molar-refractivity contribution < 1.29 is 4.79 Å². The van der Waals surface area contributed by atoms with Crippen molar-refractivity contribution in [3.8, 4) is 0 Å². The summed E-state index contributed by atoms with van der Waals surface area (Å²) in [6.45, 7) is 0. The number of hydrogen-bond donors (Lipinski definition) is 3. The van der Waals surface area contributed by atoms with Crippen LogP contribution in [0.25, 0.3) is 0 Å². The molecule has 0 radical (unpaired) electrons. The third kappa shape index (κ3) is 3.11. The normalized spacial score (nSPS) is 9.21. The van der Waals surface area contributed by atoms with Gasteiger partial charge in [-0.05, 0) is 46.9 Å². The topological polar surface area (TPSA) is 67.2 Å². The van der Waals surface area contributed by atoms with Crippen LogP contribution in [-0.4, -0.2) is 11.0 Å². The summed E-state index contributed by atoms with van der Waals surface area (Å²) in [5.74, 6) is -0.261. The van der Waals surface area contributed by atoms with Crippen molar-refractivity contribution in [2.45, 2.75) is 0 Å². The summed E-state index contributed by atoms with van der Waals surface area (Å²) in [4.78, 5) is 11.5. The standard InChI is InChI=1S/C8H8IN3OS/c9-6-4-2-1-3-5(6)7(13)11-12-8(10)14/h1-4H,(H,11,13)(H3,10,12,14). The fourth-order valence-electron chi connectivity index (χ4n) is 0.831. The predicted molar refractivity (Wildman–Crippen MR) is 66.5 cm³/mol. The highest BCUT2D eigenvalue weighted by molar-refractivity contribution is 14.1. The second-order valence-electron chi connectivity index (χ2n) is 2.42. The summed E-state index contributed by atoms with van der Waals surface area (Å²) in [6, 6.07) is 7.21. The highest BCUT2D eigenvalue weighted by Crippen LogP contribution is 2.10. The number of benzene rings is 1. The van der Waals surface area contributed by atoms with E-state index >= 15 is 0 Å². The summed E-state index contributed by atoms with van der Waals surface area (Å²) in [5, 5.41) is 0.0317. The lowest BCUT2D eigenvalue weighted by Crippen LogP contribution is -2.44. The molecule has 0 fully saturated rings. The largest absolute Gasteiger partial charge is 0.375 e. The number of halogens is 1. The van der Waals surface area contributed by atoms with Gasteiger partial charge in [0.1, 0.15) is 0 Å². The van der Waals surface area contributed by atoms with Gasteiger partial charge in [-0.1, -0.05) is 12.1 Å². The van der Waals surface area contributed by atoms with E-state index in [4.69, 9.17) is 5.73 Å². The van der Waals surface area contributed by atoms with Gasteiger partial charge < -0.3 is 5.73 Å². The zero-order chi connectivity index (χ0) is 10.6. The minimum atomic E-state index is -0.261.